The quantitative estimate of drug-likeness (QED) is 0.841. The van der Waals surface area contributed by atoms with Gasteiger partial charge in [0.2, 0.25) is 0 Å². The normalized spacial score (nSPS) is 25.9. The van der Waals surface area contributed by atoms with Crippen LogP contribution in [0.3, 0.4) is 0 Å². The molecule has 17 heavy (non-hydrogen) atoms. The molecule has 0 spiro atoms. The van der Waals surface area contributed by atoms with Crippen molar-refractivity contribution in [2.45, 2.75) is 44.4 Å². The number of aliphatic carboxylic acids is 1. The predicted octanol–water partition coefficient (Wildman–Crippen LogP) is 3.83. The molecule has 2 atom stereocenters. The summed E-state index contributed by atoms with van der Waals surface area (Å²) in [6.45, 7) is 0. The van der Waals surface area contributed by atoms with Crippen molar-refractivity contribution in [1.29, 1.82) is 0 Å². The highest BCUT2D eigenvalue weighted by Crippen LogP contribution is 2.35. The maximum Gasteiger partial charge on any atom is 0.307 e. The van der Waals surface area contributed by atoms with E-state index in [9.17, 15) is 9.90 Å². The van der Waals surface area contributed by atoms with Crippen molar-refractivity contribution in [3.63, 3.8) is 0 Å². The molecule has 2 unspecified atom stereocenters. The Morgan fingerprint density at radius 2 is 1.65 bits per heavy atom. The van der Waals surface area contributed by atoms with Gasteiger partial charge in [0, 0.05) is 0 Å². The molecule has 1 N–H and O–H groups in total. The van der Waals surface area contributed by atoms with Gasteiger partial charge in [0.15, 0.2) is 0 Å². The van der Waals surface area contributed by atoms with Crippen LogP contribution in [-0.4, -0.2) is 11.1 Å². The molecule has 0 bridgehead atoms. The lowest BCUT2D eigenvalue weighted by atomic mass is 9.78. The zero-order valence-electron chi connectivity index (χ0n) is 10.1. The second-order valence-electron chi connectivity index (χ2n) is 4.95. The molecule has 0 heterocycles. The lowest BCUT2D eigenvalue weighted by Gasteiger charge is -2.26. The largest absolute Gasteiger partial charge is 0.481 e. The van der Waals surface area contributed by atoms with Crippen LogP contribution in [0.5, 0.6) is 0 Å². The topological polar surface area (TPSA) is 37.3 Å². The number of hydrogen-bond acceptors (Lipinski definition) is 1. The molecule has 1 aromatic carbocycles. The summed E-state index contributed by atoms with van der Waals surface area (Å²) in [6.07, 6.45) is 6.49. The first-order valence-electron chi connectivity index (χ1n) is 6.57. The van der Waals surface area contributed by atoms with Gasteiger partial charge in [-0.1, -0.05) is 56.0 Å². The number of carboxylic acid groups (broad SMARTS) is 1. The van der Waals surface area contributed by atoms with Crippen molar-refractivity contribution >= 4 is 5.97 Å². The zero-order chi connectivity index (χ0) is 12.1. The van der Waals surface area contributed by atoms with Crippen molar-refractivity contribution < 1.29 is 9.90 Å². The van der Waals surface area contributed by atoms with Crippen molar-refractivity contribution in [3.05, 3.63) is 35.9 Å². The van der Waals surface area contributed by atoms with Crippen LogP contribution >= 0.6 is 0 Å². The summed E-state index contributed by atoms with van der Waals surface area (Å²) in [5.74, 6) is -0.618. The van der Waals surface area contributed by atoms with E-state index < -0.39 is 5.97 Å². The minimum atomic E-state index is -0.624. The first kappa shape index (κ1) is 12.2. The van der Waals surface area contributed by atoms with Crippen LogP contribution < -0.4 is 0 Å². The van der Waals surface area contributed by atoms with Crippen LogP contribution in [0, 0.1) is 5.92 Å². The molecule has 2 nitrogen and oxygen atoms in total. The molecule has 1 fully saturated rings. The maximum atomic E-state index is 11.4. The molecule has 0 aliphatic heterocycles. The summed E-state index contributed by atoms with van der Waals surface area (Å²) < 4.78 is 0. The highest BCUT2D eigenvalue weighted by atomic mass is 16.4. The Bertz CT molecular complexity index is 358. The third-order valence-corrected chi connectivity index (χ3v) is 3.81. The molecule has 92 valence electrons. The second kappa shape index (κ2) is 5.85. The van der Waals surface area contributed by atoms with Gasteiger partial charge in [0.1, 0.15) is 0 Å². The smallest absolute Gasteiger partial charge is 0.307 e. The van der Waals surface area contributed by atoms with Crippen LogP contribution in [0.1, 0.15) is 50.0 Å². The van der Waals surface area contributed by atoms with E-state index in [2.05, 4.69) is 12.1 Å². The maximum absolute atomic E-state index is 11.4. The van der Waals surface area contributed by atoms with Gasteiger partial charge in [-0.3, -0.25) is 4.79 Å². The van der Waals surface area contributed by atoms with E-state index in [1.165, 1.54) is 18.4 Å². The Hall–Kier alpha value is -1.31. The number of rotatable bonds is 2. The van der Waals surface area contributed by atoms with Crippen LogP contribution in [0.15, 0.2) is 30.3 Å². The number of hydrogen-bond donors (Lipinski definition) is 1. The summed E-state index contributed by atoms with van der Waals surface area (Å²) in [6, 6.07) is 10.1. The van der Waals surface area contributed by atoms with E-state index in [1.54, 1.807) is 0 Å². The fourth-order valence-corrected chi connectivity index (χ4v) is 2.88. The summed E-state index contributed by atoms with van der Waals surface area (Å²) in [7, 11) is 0. The average molecular weight is 232 g/mol. The van der Waals surface area contributed by atoms with E-state index in [4.69, 9.17) is 0 Å². The Morgan fingerprint density at radius 1 is 1.00 bits per heavy atom. The number of carbonyl (C=O) groups is 1. The Labute approximate surface area is 103 Å². The molecule has 0 amide bonds. The minimum Gasteiger partial charge on any atom is -0.481 e. The second-order valence-corrected chi connectivity index (χ2v) is 4.95. The van der Waals surface area contributed by atoms with Gasteiger partial charge in [0.05, 0.1) is 5.92 Å². The van der Waals surface area contributed by atoms with Crippen molar-refractivity contribution in [1.82, 2.24) is 0 Å². The molecular weight excluding hydrogens is 212 g/mol. The molecule has 2 rings (SSSR count). The van der Waals surface area contributed by atoms with E-state index in [1.807, 2.05) is 18.2 Å². The highest BCUT2D eigenvalue weighted by molar-refractivity contribution is 5.71. The Kier molecular flexibility index (Phi) is 4.18. The third kappa shape index (κ3) is 3.09. The minimum absolute atomic E-state index is 0.197. The van der Waals surface area contributed by atoms with Crippen LogP contribution in [0.25, 0.3) is 0 Å². The van der Waals surface area contributed by atoms with Crippen molar-refractivity contribution in [2.24, 2.45) is 5.92 Å². The monoisotopic (exact) mass is 232 g/mol. The van der Waals surface area contributed by atoms with Gasteiger partial charge in [0.25, 0.3) is 0 Å². The Balaban J connectivity index is 2.21. The standard InChI is InChI=1S/C15H20O2/c16-15(17)14-11-7-2-1-6-10-13(14)12-8-4-3-5-9-12/h3-5,8-9,13-14H,1-2,6-7,10-11H2,(H,16,17). The summed E-state index contributed by atoms with van der Waals surface area (Å²) in [4.78, 5) is 11.4. The van der Waals surface area contributed by atoms with Gasteiger partial charge in [-0.15, -0.1) is 0 Å². The fourth-order valence-electron chi connectivity index (χ4n) is 2.88. The molecule has 1 aromatic rings. The first-order valence-corrected chi connectivity index (χ1v) is 6.57. The molecular formula is C15H20O2. The van der Waals surface area contributed by atoms with Gasteiger partial charge in [-0.05, 0) is 24.3 Å². The molecule has 0 saturated heterocycles. The van der Waals surface area contributed by atoms with Crippen LogP contribution in [-0.2, 0) is 4.79 Å². The highest BCUT2D eigenvalue weighted by Gasteiger charge is 2.29. The molecule has 1 aliphatic carbocycles. The fraction of sp³-hybridized carbons (Fsp3) is 0.533. The first-order chi connectivity index (χ1) is 8.29. The summed E-state index contributed by atoms with van der Waals surface area (Å²) >= 11 is 0. The van der Waals surface area contributed by atoms with Gasteiger partial charge in [-0.2, -0.15) is 0 Å². The SMILES string of the molecule is O=C(O)C1CCCCCCC1c1ccccc1. The predicted molar refractivity (Wildman–Crippen MR) is 68.0 cm³/mol. The summed E-state index contributed by atoms with van der Waals surface area (Å²) in [5, 5.41) is 9.39. The van der Waals surface area contributed by atoms with Crippen LogP contribution in [0.4, 0.5) is 0 Å². The van der Waals surface area contributed by atoms with Gasteiger partial charge in [-0.25, -0.2) is 0 Å². The summed E-state index contributed by atoms with van der Waals surface area (Å²) in [5.41, 5.74) is 1.20. The van der Waals surface area contributed by atoms with E-state index in [0.717, 1.165) is 25.7 Å². The molecule has 1 aliphatic rings. The lowest BCUT2D eigenvalue weighted by Crippen LogP contribution is -2.23. The Morgan fingerprint density at radius 3 is 2.29 bits per heavy atom. The van der Waals surface area contributed by atoms with E-state index >= 15 is 0 Å². The average Bonchev–Trinajstić information content (AvgIpc) is 2.29. The van der Waals surface area contributed by atoms with Gasteiger partial charge >= 0.3 is 5.97 Å². The third-order valence-electron chi connectivity index (χ3n) is 3.81. The lowest BCUT2D eigenvalue weighted by molar-refractivity contribution is -0.143. The molecule has 0 aromatic heterocycles. The van der Waals surface area contributed by atoms with E-state index in [0.29, 0.717) is 0 Å². The van der Waals surface area contributed by atoms with E-state index in [-0.39, 0.29) is 11.8 Å². The van der Waals surface area contributed by atoms with Gasteiger partial charge < -0.3 is 5.11 Å². The number of benzene rings is 1. The molecule has 2 heteroatoms. The molecule has 1 saturated carbocycles. The number of carboxylic acids is 1. The van der Waals surface area contributed by atoms with Crippen LogP contribution in [0.2, 0.25) is 0 Å². The van der Waals surface area contributed by atoms with Crippen molar-refractivity contribution in [3.8, 4) is 0 Å². The molecule has 0 radical (unpaired) electrons. The van der Waals surface area contributed by atoms with Crippen molar-refractivity contribution in [2.75, 3.05) is 0 Å². The zero-order valence-corrected chi connectivity index (χ0v) is 10.1.